The van der Waals surface area contributed by atoms with E-state index in [1.165, 1.54) is 19.2 Å². The van der Waals surface area contributed by atoms with Gasteiger partial charge < -0.3 is 4.57 Å². The van der Waals surface area contributed by atoms with Gasteiger partial charge in [0.1, 0.15) is 11.9 Å². The van der Waals surface area contributed by atoms with Crippen molar-refractivity contribution in [2.24, 2.45) is 5.92 Å². The summed E-state index contributed by atoms with van der Waals surface area (Å²) < 4.78 is 83.2. The highest BCUT2D eigenvalue weighted by molar-refractivity contribution is 7.90. The Morgan fingerprint density at radius 3 is 2.41 bits per heavy atom. The van der Waals surface area contributed by atoms with Crippen LogP contribution in [0.1, 0.15) is 43.9 Å². The molecule has 0 aliphatic heterocycles. The van der Waals surface area contributed by atoms with Crippen LogP contribution in [0.4, 0.5) is 17.6 Å². The molecular weight excluding hydrogens is 384 g/mol. The fraction of sp³-hybridized carbons (Fsp3) is 0.556. The van der Waals surface area contributed by atoms with Crippen molar-refractivity contribution in [2.45, 2.75) is 57.6 Å². The number of benzene rings is 1. The number of aromatic nitrogens is 1. The van der Waals surface area contributed by atoms with Gasteiger partial charge in [-0.3, -0.25) is 0 Å². The topological polar surface area (TPSA) is 51.1 Å². The number of aryl methyl sites for hydroxylation is 1. The Morgan fingerprint density at radius 2 is 1.89 bits per heavy atom. The molecule has 0 spiro atoms. The monoisotopic (exact) mass is 406 g/mol. The SMILES string of the molecule is Cc1cc2c(cc1F)c([C@H](NS(=O)(=O)C1CC1)C(F)(F)F)cn2CC(C)C. The second kappa shape index (κ2) is 6.77. The predicted molar refractivity (Wildman–Crippen MR) is 95.3 cm³/mol. The molecule has 0 amide bonds. The standard InChI is InChI=1S/C18H22F4N2O2S/c1-10(2)8-24-9-14(13-7-15(19)11(3)6-16(13)24)17(18(20,21)22)23-27(25,26)12-4-5-12/h6-7,9-10,12,17,23H,4-5,8H2,1-3H3/t17-/m0/s1. The summed E-state index contributed by atoms with van der Waals surface area (Å²) in [5.74, 6) is -0.483. The zero-order chi connectivity index (χ0) is 20.1. The zero-order valence-corrected chi connectivity index (χ0v) is 16.1. The lowest BCUT2D eigenvalue weighted by Crippen LogP contribution is -2.39. The Kier molecular flexibility index (Phi) is 5.05. The number of fused-ring (bicyclic) bond motifs is 1. The minimum absolute atomic E-state index is 0.0690. The third kappa shape index (κ3) is 4.13. The Balaban J connectivity index is 2.17. The van der Waals surface area contributed by atoms with Crippen LogP contribution in [0.3, 0.4) is 0 Å². The van der Waals surface area contributed by atoms with Gasteiger partial charge in [-0.1, -0.05) is 13.8 Å². The third-order valence-electron chi connectivity index (χ3n) is 4.64. The molecule has 2 aromatic rings. The molecule has 1 saturated carbocycles. The minimum Gasteiger partial charge on any atom is -0.347 e. The molecule has 9 heteroatoms. The van der Waals surface area contributed by atoms with E-state index >= 15 is 0 Å². The Labute approximate surface area is 155 Å². The highest BCUT2D eigenvalue weighted by atomic mass is 32.2. The Bertz CT molecular complexity index is 960. The first-order valence-electron chi connectivity index (χ1n) is 8.77. The zero-order valence-electron chi connectivity index (χ0n) is 15.3. The molecule has 1 aromatic carbocycles. The normalized spacial score (nSPS) is 17.0. The van der Waals surface area contributed by atoms with Gasteiger partial charge in [-0.05, 0) is 43.4 Å². The van der Waals surface area contributed by atoms with E-state index in [0.29, 0.717) is 30.5 Å². The van der Waals surface area contributed by atoms with Crippen molar-refractivity contribution in [3.05, 3.63) is 35.3 Å². The van der Waals surface area contributed by atoms with Gasteiger partial charge in [0.2, 0.25) is 10.0 Å². The van der Waals surface area contributed by atoms with Crippen molar-refractivity contribution in [1.82, 2.24) is 9.29 Å². The second-order valence-corrected chi connectivity index (χ2v) is 9.58. The van der Waals surface area contributed by atoms with Crippen LogP contribution >= 0.6 is 0 Å². The molecule has 0 unspecified atom stereocenters. The molecule has 1 N–H and O–H groups in total. The van der Waals surface area contributed by atoms with E-state index in [1.54, 1.807) is 4.57 Å². The maximum absolute atomic E-state index is 14.1. The van der Waals surface area contributed by atoms with E-state index in [4.69, 9.17) is 0 Å². The summed E-state index contributed by atoms with van der Waals surface area (Å²) in [5, 5.41) is -0.718. The van der Waals surface area contributed by atoms with Crippen LogP contribution < -0.4 is 4.72 Å². The van der Waals surface area contributed by atoms with Crippen molar-refractivity contribution in [2.75, 3.05) is 0 Å². The lowest BCUT2D eigenvalue weighted by molar-refractivity contribution is -0.152. The predicted octanol–water partition coefficient (Wildman–Crippen LogP) is 4.43. The number of hydrogen-bond acceptors (Lipinski definition) is 2. The quantitative estimate of drug-likeness (QED) is 0.722. The molecule has 1 aromatic heterocycles. The van der Waals surface area contributed by atoms with E-state index in [2.05, 4.69) is 0 Å². The van der Waals surface area contributed by atoms with Crippen LogP contribution in [0, 0.1) is 18.7 Å². The van der Waals surface area contributed by atoms with Gasteiger partial charge in [-0.25, -0.2) is 12.8 Å². The molecule has 1 aliphatic rings. The average molecular weight is 406 g/mol. The smallest absolute Gasteiger partial charge is 0.347 e. The van der Waals surface area contributed by atoms with Gasteiger partial charge in [-0.15, -0.1) is 0 Å². The maximum atomic E-state index is 14.1. The molecule has 1 heterocycles. The van der Waals surface area contributed by atoms with Crippen molar-refractivity contribution < 1.29 is 26.0 Å². The second-order valence-electron chi connectivity index (χ2n) is 7.59. The van der Waals surface area contributed by atoms with Gasteiger partial charge in [0, 0.05) is 29.2 Å². The number of nitrogens with zero attached hydrogens (tertiary/aromatic N) is 1. The van der Waals surface area contributed by atoms with E-state index in [9.17, 15) is 26.0 Å². The maximum Gasteiger partial charge on any atom is 0.408 e. The van der Waals surface area contributed by atoms with Crippen LogP contribution in [0.5, 0.6) is 0 Å². The largest absolute Gasteiger partial charge is 0.408 e. The molecule has 27 heavy (non-hydrogen) atoms. The Morgan fingerprint density at radius 1 is 1.26 bits per heavy atom. The third-order valence-corrected chi connectivity index (χ3v) is 6.55. The van der Waals surface area contributed by atoms with Crippen LogP contribution in [-0.4, -0.2) is 24.4 Å². The first kappa shape index (κ1) is 20.1. The molecule has 1 aliphatic carbocycles. The number of sulfonamides is 1. The number of alkyl halides is 3. The number of halogens is 4. The summed E-state index contributed by atoms with van der Waals surface area (Å²) in [7, 11) is -4.09. The summed E-state index contributed by atoms with van der Waals surface area (Å²) in [6.45, 7) is 5.80. The first-order valence-corrected chi connectivity index (χ1v) is 10.3. The van der Waals surface area contributed by atoms with Crippen molar-refractivity contribution >= 4 is 20.9 Å². The van der Waals surface area contributed by atoms with Gasteiger partial charge in [0.25, 0.3) is 0 Å². The average Bonchev–Trinajstić information content (AvgIpc) is 3.32. The fourth-order valence-corrected chi connectivity index (χ4v) is 4.70. The number of hydrogen-bond donors (Lipinski definition) is 1. The van der Waals surface area contributed by atoms with Gasteiger partial charge in [-0.2, -0.15) is 17.9 Å². The van der Waals surface area contributed by atoms with Crippen LogP contribution in [0.2, 0.25) is 0 Å². The first-order chi connectivity index (χ1) is 12.4. The van der Waals surface area contributed by atoms with E-state index in [0.717, 1.165) is 6.07 Å². The van der Waals surface area contributed by atoms with Crippen LogP contribution in [0.25, 0.3) is 10.9 Å². The Hall–Kier alpha value is -1.61. The summed E-state index contributed by atoms with van der Waals surface area (Å²) in [4.78, 5) is 0. The summed E-state index contributed by atoms with van der Waals surface area (Å²) in [6, 6.07) is 0.140. The van der Waals surface area contributed by atoms with Gasteiger partial charge in [0.05, 0.1) is 5.25 Å². The highest BCUT2D eigenvalue weighted by Gasteiger charge is 2.47. The summed E-state index contributed by atoms with van der Waals surface area (Å²) in [5.41, 5.74) is 0.498. The lowest BCUT2D eigenvalue weighted by atomic mass is 10.0. The fourth-order valence-electron chi connectivity index (χ4n) is 3.16. The van der Waals surface area contributed by atoms with E-state index in [1.807, 2.05) is 18.6 Å². The summed E-state index contributed by atoms with van der Waals surface area (Å²) in [6.07, 6.45) is -2.86. The van der Waals surface area contributed by atoms with Gasteiger partial charge >= 0.3 is 6.18 Å². The molecule has 0 bridgehead atoms. The van der Waals surface area contributed by atoms with Crippen molar-refractivity contribution in [3.63, 3.8) is 0 Å². The summed E-state index contributed by atoms with van der Waals surface area (Å²) >= 11 is 0. The number of rotatable bonds is 6. The molecule has 1 atom stereocenters. The molecule has 3 rings (SSSR count). The molecule has 150 valence electrons. The van der Waals surface area contributed by atoms with E-state index < -0.39 is 33.3 Å². The van der Waals surface area contributed by atoms with Crippen molar-refractivity contribution in [3.8, 4) is 0 Å². The van der Waals surface area contributed by atoms with E-state index in [-0.39, 0.29) is 16.9 Å². The van der Waals surface area contributed by atoms with Crippen molar-refractivity contribution in [1.29, 1.82) is 0 Å². The molecule has 1 fully saturated rings. The molecule has 0 radical (unpaired) electrons. The highest BCUT2D eigenvalue weighted by Crippen LogP contribution is 2.40. The minimum atomic E-state index is -4.85. The van der Waals surface area contributed by atoms with Crippen LogP contribution in [-0.2, 0) is 16.6 Å². The van der Waals surface area contributed by atoms with Gasteiger partial charge in [0.15, 0.2) is 0 Å². The molecule has 4 nitrogen and oxygen atoms in total. The molecule has 0 saturated heterocycles. The van der Waals surface area contributed by atoms with Crippen LogP contribution in [0.15, 0.2) is 18.3 Å². The lowest BCUT2D eigenvalue weighted by Gasteiger charge is -2.21. The molecular formula is C18H22F4N2O2S. The number of nitrogens with one attached hydrogen (secondary N) is 1.